The lowest BCUT2D eigenvalue weighted by Crippen LogP contribution is -2.38. The maximum absolute atomic E-state index is 2.49. The van der Waals surface area contributed by atoms with Crippen LogP contribution < -0.4 is 0 Å². The second-order valence-corrected chi connectivity index (χ2v) is 7.12. The van der Waals surface area contributed by atoms with Crippen molar-refractivity contribution in [2.24, 2.45) is 0 Å². The minimum Gasteiger partial charge on any atom is -0.356 e. The van der Waals surface area contributed by atoms with Crippen LogP contribution in [0.5, 0.6) is 0 Å². The summed E-state index contributed by atoms with van der Waals surface area (Å²) in [6.45, 7) is 9.09. The first kappa shape index (κ1) is 20.4. The van der Waals surface area contributed by atoms with Gasteiger partial charge in [-0.05, 0) is 26.7 Å². The second kappa shape index (κ2) is 13.7. The van der Waals surface area contributed by atoms with Crippen LogP contribution in [0.1, 0.15) is 104 Å². The van der Waals surface area contributed by atoms with E-state index in [-0.39, 0.29) is 0 Å². The molecule has 1 aliphatic heterocycles. The number of nitrogens with zero attached hydrogens (tertiary/aromatic N) is 2. The summed E-state index contributed by atoms with van der Waals surface area (Å²) in [5.41, 5.74) is 0. The Labute approximate surface area is 146 Å². The average molecular weight is 323 g/mol. The molecule has 1 rings (SSSR count). The second-order valence-electron chi connectivity index (χ2n) is 7.12. The van der Waals surface area contributed by atoms with Crippen LogP contribution in [0.2, 0.25) is 0 Å². The Balaban J connectivity index is 1.89. The molecule has 2 nitrogen and oxygen atoms in total. The first-order valence-corrected chi connectivity index (χ1v) is 10.5. The molecule has 0 spiro atoms. The van der Waals surface area contributed by atoms with Gasteiger partial charge in [0.05, 0.1) is 0 Å². The van der Waals surface area contributed by atoms with Gasteiger partial charge in [-0.15, -0.1) is 0 Å². The number of hydrogen-bond acceptors (Lipinski definition) is 2. The summed E-state index contributed by atoms with van der Waals surface area (Å²) in [5.74, 6) is 0. The highest BCUT2D eigenvalue weighted by Gasteiger charge is 2.22. The summed E-state index contributed by atoms with van der Waals surface area (Å²) in [5, 5.41) is 0. The van der Waals surface area contributed by atoms with E-state index in [1.54, 1.807) is 0 Å². The molecule has 0 fully saturated rings. The van der Waals surface area contributed by atoms with Crippen LogP contribution in [0, 0.1) is 0 Å². The summed E-state index contributed by atoms with van der Waals surface area (Å²) in [6, 6.07) is 0. The fourth-order valence-corrected chi connectivity index (χ4v) is 3.69. The summed E-state index contributed by atoms with van der Waals surface area (Å²) in [4.78, 5) is 4.98. The zero-order chi connectivity index (χ0) is 16.8. The van der Waals surface area contributed by atoms with Gasteiger partial charge in [-0.2, -0.15) is 0 Å². The molecule has 0 saturated carbocycles. The molecule has 0 aliphatic carbocycles. The predicted molar refractivity (Wildman–Crippen MR) is 103 cm³/mol. The van der Waals surface area contributed by atoms with Crippen molar-refractivity contribution in [1.82, 2.24) is 9.80 Å². The molecule has 0 radical (unpaired) electrons. The number of hydrogen-bond donors (Lipinski definition) is 0. The van der Waals surface area contributed by atoms with E-state index in [9.17, 15) is 0 Å². The van der Waals surface area contributed by atoms with Crippen LogP contribution in [0.4, 0.5) is 0 Å². The van der Waals surface area contributed by atoms with E-state index >= 15 is 0 Å². The van der Waals surface area contributed by atoms with Gasteiger partial charge in [0.15, 0.2) is 0 Å². The highest BCUT2D eigenvalue weighted by molar-refractivity contribution is 4.95. The van der Waals surface area contributed by atoms with Crippen molar-refractivity contribution >= 4 is 0 Å². The van der Waals surface area contributed by atoms with Crippen LogP contribution in [0.3, 0.4) is 0 Å². The van der Waals surface area contributed by atoms with Crippen molar-refractivity contribution in [3.05, 3.63) is 12.4 Å². The molecule has 0 unspecified atom stereocenters. The van der Waals surface area contributed by atoms with Crippen molar-refractivity contribution in [2.45, 2.75) is 110 Å². The smallest absolute Gasteiger partial charge is 0.101 e. The lowest BCUT2D eigenvalue weighted by atomic mass is 10.0. The third kappa shape index (κ3) is 8.67. The molecular weight excluding hydrogens is 280 g/mol. The molecule has 0 aromatic carbocycles. The predicted octanol–water partition coefficient (Wildman–Crippen LogP) is 6.53. The van der Waals surface area contributed by atoms with Gasteiger partial charge < -0.3 is 9.80 Å². The maximum atomic E-state index is 2.49. The van der Waals surface area contributed by atoms with Crippen LogP contribution in [0.15, 0.2) is 12.4 Å². The first-order valence-electron chi connectivity index (χ1n) is 10.5. The van der Waals surface area contributed by atoms with Crippen molar-refractivity contribution in [3.63, 3.8) is 0 Å². The van der Waals surface area contributed by atoms with Crippen LogP contribution >= 0.6 is 0 Å². The summed E-state index contributed by atoms with van der Waals surface area (Å²) in [6.07, 6.45) is 23.8. The van der Waals surface area contributed by atoms with Gasteiger partial charge in [-0.25, -0.2) is 0 Å². The van der Waals surface area contributed by atoms with E-state index in [1.165, 1.54) is 83.5 Å². The Morgan fingerprint density at radius 2 is 0.957 bits per heavy atom. The van der Waals surface area contributed by atoms with E-state index in [4.69, 9.17) is 0 Å². The monoisotopic (exact) mass is 322 g/mol. The van der Waals surface area contributed by atoms with Crippen LogP contribution in [-0.4, -0.2) is 29.1 Å². The molecule has 0 amide bonds. The molecule has 0 saturated heterocycles. The molecule has 1 heterocycles. The molecule has 23 heavy (non-hydrogen) atoms. The van der Waals surface area contributed by atoms with E-state index < -0.39 is 0 Å². The van der Waals surface area contributed by atoms with E-state index in [2.05, 4.69) is 43.0 Å². The SMILES string of the molecule is CCCCCCCCCCCCCCC1N(CC)C=CN1CC. The lowest BCUT2D eigenvalue weighted by molar-refractivity contribution is 0.149. The Kier molecular flexibility index (Phi) is 12.2. The fraction of sp³-hybridized carbons (Fsp3) is 0.905. The molecule has 0 aromatic heterocycles. The molecule has 136 valence electrons. The van der Waals surface area contributed by atoms with E-state index in [0.717, 1.165) is 13.1 Å². The Hall–Kier alpha value is -0.660. The van der Waals surface area contributed by atoms with E-state index in [0.29, 0.717) is 6.17 Å². The molecule has 0 bridgehead atoms. The van der Waals surface area contributed by atoms with Gasteiger partial charge in [0.1, 0.15) is 6.17 Å². The van der Waals surface area contributed by atoms with E-state index in [1.807, 2.05) is 0 Å². The van der Waals surface area contributed by atoms with Crippen molar-refractivity contribution < 1.29 is 0 Å². The van der Waals surface area contributed by atoms with Gasteiger partial charge in [0.2, 0.25) is 0 Å². The van der Waals surface area contributed by atoms with Crippen LogP contribution in [-0.2, 0) is 0 Å². The molecule has 2 heteroatoms. The lowest BCUT2D eigenvalue weighted by Gasteiger charge is -2.31. The molecule has 0 aromatic rings. The summed E-state index contributed by atoms with van der Waals surface area (Å²) in [7, 11) is 0. The molecule has 1 aliphatic rings. The van der Waals surface area contributed by atoms with Crippen molar-refractivity contribution in [1.29, 1.82) is 0 Å². The van der Waals surface area contributed by atoms with Gasteiger partial charge in [-0.1, -0.05) is 77.6 Å². The van der Waals surface area contributed by atoms with Gasteiger partial charge in [-0.3, -0.25) is 0 Å². The number of unbranched alkanes of at least 4 members (excludes halogenated alkanes) is 11. The topological polar surface area (TPSA) is 6.48 Å². The molecular formula is C21H42N2. The zero-order valence-electron chi connectivity index (χ0n) is 16.2. The van der Waals surface area contributed by atoms with Crippen molar-refractivity contribution in [3.8, 4) is 0 Å². The Morgan fingerprint density at radius 3 is 1.35 bits per heavy atom. The van der Waals surface area contributed by atoms with Gasteiger partial charge in [0, 0.05) is 25.5 Å². The standard InChI is InChI=1S/C21H42N2/c1-4-7-8-9-10-11-12-13-14-15-16-17-18-21-22(5-2)19-20-23(21)6-3/h19-21H,4-18H2,1-3H3. The maximum Gasteiger partial charge on any atom is 0.101 e. The fourth-order valence-electron chi connectivity index (χ4n) is 3.69. The van der Waals surface area contributed by atoms with Crippen molar-refractivity contribution in [2.75, 3.05) is 13.1 Å². The summed E-state index contributed by atoms with van der Waals surface area (Å²) < 4.78 is 0. The summed E-state index contributed by atoms with van der Waals surface area (Å²) >= 11 is 0. The highest BCUT2D eigenvalue weighted by atomic mass is 15.4. The zero-order valence-corrected chi connectivity index (χ0v) is 16.2. The normalized spacial score (nSPS) is 15.1. The minimum absolute atomic E-state index is 0.633. The third-order valence-corrected chi connectivity index (χ3v) is 5.26. The van der Waals surface area contributed by atoms with Gasteiger partial charge in [0.25, 0.3) is 0 Å². The largest absolute Gasteiger partial charge is 0.356 e. The Morgan fingerprint density at radius 1 is 0.565 bits per heavy atom. The van der Waals surface area contributed by atoms with Crippen LogP contribution in [0.25, 0.3) is 0 Å². The Bertz CT molecular complexity index is 274. The molecule has 0 atom stereocenters. The minimum atomic E-state index is 0.633. The average Bonchev–Trinajstić information content (AvgIpc) is 2.97. The number of rotatable bonds is 15. The highest BCUT2D eigenvalue weighted by Crippen LogP contribution is 2.21. The molecule has 0 N–H and O–H groups in total. The van der Waals surface area contributed by atoms with Gasteiger partial charge >= 0.3 is 0 Å². The quantitative estimate of drug-likeness (QED) is 0.316. The first-order chi connectivity index (χ1) is 11.3. The third-order valence-electron chi connectivity index (χ3n) is 5.26.